The Balaban J connectivity index is -0.00000000500. The average Bonchev–Trinajstić information content (AvgIpc) is 1.50. The molecule has 6 heavy (non-hydrogen) atoms. The Bertz CT molecular complexity index is 11.5. The third-order valence-corrected chi connectivity index (χ3v) is 0. The Hall–Kier alpha value is 0.353. The summed E-state index contributed by atoms with van der Waals surface area (Å²) in [5, 5.41) is 0. The van der Waals surface area contributed by atoms with Crippen molar-refractivity contribution in [1.29, 1.82) is 0 Å². The van der Waals surface area contributed by atoms with Crippen molar-refractivity contribution in [1.82, 2.24) is 0 Å². The SMILES string of the molecule is [CH-]=O.[CH-]=O.[Co+2].[Co]. The fourth-order valence-corrected chi connectivity index (χ4v) is 0. The van der Waals surface area contributed by atoms with Crippen LogP contribution in [0.1, 0.15) is 0 Å². The van der Waals surface area contributed by atoms with E-state index in [1.807, 2.05) is 0 Å². The molecular formula is C2H2Co2O2. The van der Waals surface area contributed by atoms with Crippen LogP contribution in [0.5, 0.6) is 0 Å². The number of hydrogen-bond acceptors (Lipinski definition) is 2. The zero-order valence-corrected chi connectivity index (χ0v) is 4.72. The monoisotopic (exact) mass is 176 g/mol. The van der Waals surface area contributed by atoms with E-state index in [0.29, 0.717) is 0 Å². The third-order valence-electron chi connectivity index (χ3n) is 0. The van der Waals surface area contributed by atoms with Gasteiger partial charge in [-0.25, -0.2) is 0 Å². The molecule has 0 bridgehead atoms. The molecule has 0 spiro atoms. The summed E-state index contributed by atoms with van der Waals surface area (Å²) in [5.41, 5.74) is 0. The first-order chi connectivity index (χ1) is 2.00. The standard InChI is InChI=1S/2CHO.2Co/c2*1-2;;/h2*1H;;/q2*-1;;+2. The van der Waals surface area contributed by atoms with Crippen LogP contribution in [-0.2, 0) is 43.1 Å². The summed E-state index contributed by atoms with van der Waals surface area (Å²) in [6, 6.07) is 0. The van der Waals surface area contributed by atoms with Crippen molar-refractivity contribution in [3.05, 3.63) is 0 Å². The van der Waals surface area contributed by atoms with Gasteiger partial charge >= 0.3 is 16.8 Å². The van der Waals surface area contributed by atoms with E-state index in [2.05, 4.69) is 13.6 Å². The van der Waals surface area contributed by atoms with Crippen LogP contribution in [0, 0.1) is 0 Å². The minimum Gasteiger partial charge on any atom is -0.545 e. The molecule has 0 unspecified atom stereocenters. The van der Waals surface area contributed by atoms with Gasteiger partial charge in [-0.05, 0) is 0 Å². The molecule has 0 aromatic rings. The number of hydrogen-bond donors (Lipinski definition) is 0. The fourth-order valence-electron chi connectivity index (χ4n) is 0. The third kappa shape index (κ3) is 393. The average molecular weight is 176 g/mol. The summed E-state index contributed by atoms with van der Waals surface area (Å²) in [6.07, 6.45) is 0. The van der Waals surface area contributed by atoms with Crippen molar-refractivity contribution >= 4 is 13.6 Å². The van der Waals surface area contributed by atoms with Crippen LogP contribution in [0.3, 0.4) is 0 Å². The summed E-state index contributed by atoms with van der Waals surface area (Å²) in [4.78, 5) is 15.5. The maximum absolute atomic E-state index is 7.75. The molecular weight excluding hydrogens is 174 g/mol. The Morgan fingerprint density at radius 2 is 0.833 bits per heavy atom. The van der Waals surface area contributed by atoms with Gasteiger partial charge in [-0.1, -0.05) is 0 Å². The molecule has 0 aliphatic rings. The summed E-state index contributed by atoms with van der Waals surface area (Å²) in [5.74, 6) is 0. The topological polar surface area (TPSA) is 34.1 Å². The van der Waals surface area contributed by atoms with Gasteiger partial charge in [0.25, 0.3) is 0 Å². The van der Waals surface area contributed by atoms with Crippen molar-refractivity contribution < 1.29 is 43.1 Å². The molecule has 40 valence electrons. The van der Waals surface area contributed by atoms with Crippen LogP contribution in [0.15, 0.2) is 0 Å². The van der Waals surface area contributed by atoms with Gasteiger partial charge in [-0.15, -0.1) is 0 Å². The van der Waals surface area contributed by atoms with Crippen molar-refractivity contribution in [3.8, 4) is 0 Å². The van der Waals surface area contributed by atoms with E-state index in [1.165, 1.54) is 0 Å². The van der Waals surface area contributed by atoms with Crippen LogP contribution in [0.2, 0.25) is 0 Å². The molecule has 0 amide bonds. The van der Waals surface area contributed by atoms with Gasteiger partial charge < -0.3 is 9.59 Å². The largest absolute Gasteiger partial charge is 2.00 e. The molecule has 0 heterocycles. The second kappa shape index (κ2) is 814. The molecule has 0 aliphatic carbocycles. The van der Waals surface area contributed by atoms with Crippen molar-refractivity contribution in [2.75, 3.05) is 0 Å². The van der Waals surface area contributed by atoms with E-state index >= 15 is 0 Å². The normalized spacial score (nSPS) is 1.33. The predicted octanol–water partition coefficient (Wildman–Crippen LogP) is -0.553. The van der Waals surface area contributed by atoms with Crippen molar-refractivity contribution in [2.45, 2.75) is 0 Å². The molecule has 0 saturated carbocycles. The first-order valence-corrected chi connectivity index (χ1v) is 0.471. The summed E-state index contributed by atoms with van der Waals surface area (Å²) in [7, 11) is 0. The Morgan fingerprint density at radius 3 is 0.833 bits per heavy atom. The zero-order valence-electron chi connectivity index (χ0n) is 2.64. The number of rotatable bonds is 0. The smallest absolute Gasteiger partial charge is 0.545 e. The van der Waals surface area contributed by atoms with Crippen molar-refractivity contribution in [3.63, 3.8) is 0 Å². The second-order valence-corrected chi connectivity index (χ2v) is 0. The van der Waals surface area contributed by atoms with Crippen LogP contribution in [0.25, 0.3) is 0 Å². The van der Waals surface area contributed by atoms with E-state index in [4.69, 9.17) is 9.59 Å². The van der Waals surface area contributed by atoms with E-state index in [1.54, 1.807) is 0 Å². The molecule has 2 radical (unpaired) electrons. The zero-order chi connectivity index (χ0) is 4.00. The molecule has 0 aromatic carbocycles. The summed E-state index contributed by atoms with van der Waals surface area (Å²) in [6.45, 7) is 6.50. The first kappa shape index (κ1) is 32.9. The first-order valence-electron chi connectivity index (χ1n) is 0.471. The minimum absolute atomic E-state index is 0. The minimum atomic E-state index is 0. The van der Waals surface area contributed by atoms with E-state index in [9.17, 15) is 0 Å². The summed E-state index contributed by atoms with van der Waals surface area (Å²) >= 11 is 0. The number of carbonyl (C=O) groups excluding carboxylic acids is 2. The Labute approximate surface area is 57.1 Å². The molecule has 2 nitrogen and oxygen atoms in total. The van der Waals surface area contributed by atoms with Gasteiger partial charge in [0.1, 0.15) is 0 Å². The molecule has 0 aromatic heterocycles. The molecule has 0 aliphatic heterocycles. The van der Waals surface area contributed by atoms with E-state index in [-0.39, 0.29) is 33.6 Å². The Kier molecular flexibility index (Phi) is 4460. The van der Waals surface area contributed by atoms with Gasteiger partial charge in [-0.2, -0.15) is 0 Å². The van der Waals surface area contributed by atoms with Crippen LogP contribution in [-0.4, -0.2) is 13.6 Å². The molecule has 0 fully saturated rings. The van der Waals surface area contributed by atoms with Crippen LogP contribution in [0.4, 0.5) is 0 Å². The van der Waals surface area contributed by atoms with E-state index < -0.39 is 0 Å². The van der Waals surface area contributed by atoms with E-state index in [0.717, 1.165) is 0 Å². The van der Waals surface area contributed by atoms with Gasteiger partial charge in [0.05, 0.1) is 0 Å². The second-order valence-electron chi connectivity index (χ2n) is 0. The van der Waals surface area contributed by atoms with Crippen LogP contribution < -0.4 is 0 Å². The molecule has 0 saturated heterocycles. The van der Waals surface area contributed by atoms with Gasteiger partial charge in [0.2, 0.25) is 0 Å². The van der Waals surface area contributed by atoms with Gasteiger partial charge in [-0.3, -0.25) is 13.6 Å². The Morgan fingerprint density at radius 1 is 0.833 bits per heavy atom. The molecule has 4 heteroatoms. The van der Waals surface area contributed by atoms with Gasteiger partial charge in [0, 0.05) is 16.8 Å². The summed E-state index contributed by atoms with van der Waals surface area (Å²) < 4.78 is 0. The van der Waals surface area contributed by atoms with Crippen LogP contribution >= 0.6 is 0 Å². The quantitative estimate of drug-likeness (QED) is 0.366. The molecule has 0 rings (SSSR count). The van der Waals surface area contributed by atoms with Gasteiger partial charge in [0.15, 0.2) is 0 Å². The fraction of sp³-hybridized carbons (Fsp3) is 0. The molecule has 0 N–H and O–H groups in total. The van der Waals surface area contributed by atoms with Crippen molar-refractivity contribution in [2.24, 2.45) is 0 Å². The maximum Gasteiger partial charge on any atom is 2.00 e. The molecule has 0 atom stereocenters. The predicted molar refractivity (Wildman–Crippen MR) is 13.5 cm³/mol. The maximum atomic E-state index is 7.75.